The van der Waals surface area contributed by atoms with Crippen LogP contribution in [-0.4, -0.2) is 22.9 Å². The Morgan fingerprint density at radius 2 is 2.06 bits per heavy atom. The van der Waals surface area contributed by atoms with E-state index in [1.165, 1.54) is 31.4 Å². The molecule has 0 bridgehead atoms. The first kappa shape index (κ1) is 14.5. The monoisotopic (exact) mass is 256 g/mol. The summed E-state index contributed by atoms with van der Waals surface area (Å²) in [6, 6.07) is 4.50. The maximum atomic E-state index is 13.2. The minimum atomic E-state index is -1.74. The van der Waals surface area contributed by atoms with Crippen molar-refractivity contribution in [3.63, 3.8) is 0 Å². The van der Waals surface area contributed by atoms with Crippen LogP contribution in [0.25, 0.3) is 0 Å². The highest BCUT2D eigenvalue weighted by molar-refractivity contribution is 7.98. The van der Waals surface area contributed by atoms with Crippen molar-refractivity contribution in [2.45, 2.75) is 31.9 Å². The van der Waals surface area contributed by atoms with E-state index in [0.717, 1.165) is 17.1 Å². The lowest BCUT2D eigenvalue weighted by Gasteiger charge is -2.06. The number of rotatable bonds is 7. The molecular weight excluding hydrogens is 238 g/mol. The quantitative estimate of drug-likeness (QED) is 0.578. The molecule has 1 aromatic carbocycles. The summed E-state index contributed by atoms with van der Waals surface area (Å²) in [6.45, 7) is 2.17. The van der Waals surface area contributed by atoms with Gasteiger partial charge in [0, 0.05) is 11.2 Å². The Morgan fingerprint density at radius 1 is 1.29 bits per heavy atom. The van der Waals surface area contributed by atoms with Crippen molar-refractivity contribution < 1.29 is 14.4 Å². The van der Waals surface area contributed by atoms with Crippen LogP contribution >= 0.6 is 11.8 Å². The third kappa shape index (κ3) is 5.11. The van der Waals surface area contributed by atoms with E-state index in [-0.39, 0.29) is 5.46 Å². The van der Waals surface area contributed by atoms with Crippen LogP contribution in [0.2, 0.25) is 0 Å². The Kier molecular flexibility index (Phi) is 6.62. The lowest BCUT2D eigenvalue weighted by atomic mass is 9.79. The van der Waals surface area contributed by atoms with Gasteiger partial charge in [0.15, 0.2) is 0 Å². The van der Waals surface area contributed by atoms with Crippen LogP contribution in [0, 0.1) is 5.82 Å². The molecule has 0 heterocycles. The first-order valence-corrected chi connectivity index (χ1v) is 7.02. The van der Waals surface area contributed by atoms with Crippen molar-refractivity contribution in [3.05, 3.63) is 29.6 Å². The van der Waals surface area contributed by atoms with Crippen LogP contribution in [0.1, 0.15) is 31.7 Å². The molecule has 17 heavy (non-hydrogen) atoms. The van der Waals surface area contributed by atoms with Crippen molar-refractivity contribution >= 4 is 24.3 Å². The van der Waals surface area contributed by atoms with Crippen LogP contribution < -0.4 is 5.46 Å². The van der Waals surface area contributed by atoms with E-state index >= 15 is 0 Å². The molecule has 0 aromatic heterocycles. The lowest BCUT2D eigenvalue weighted by molar-refractivity contribution is 0.423. The molecule has 0 radical (unpaired) electrons. The Labute approximate surface area is 106 Å². The molecular formula is C12H18BFO2S. The van der Waals surface area contributed by atoms with E-state index < -0.39 is 12.9 Å². The zero-order valence-corrected chi connectivity index (χ0v) is 10.8. The summed E-state index contributed by atoms with van der Waals surface area (Å²) >= 11 is 1.79. The normalized spacial score (nSPS) is 10.6. The number of halogens is 1. The van der Waals surface area contributed by atoms with Crippen molar-refractivity contribution in [2.75, 3.05) is 5.75 Å². The molecule has 0 saturated heterocycles. The van der Waals surface area contributed by atoms with Crippen LogP contribution in [-0.2, 0) is 5.75 Å². The second kappa shape index (κ2) is 7.74. The Morgan fingerprint density at radius 3 is 2.71 bits per heavy atom. The molecule has 1 rings (SSSR count). The van der Waals surface area contributed by atoms with Crippen LogP contribution in [0.15, 0.2) is 18.2 Å². The average Bonchev–Trinajstić information content (AvgIpc) is 2.30. The molecule has 0 aliphatic heterocycles. The van der Waals surface area contributed by atoms with Gasteiger partial charge in [-0.1, -0.05) is 31.9 Å². The van der Waals surface area contributed by atoms with Gasteiger partial charge in [0.05, 0.1) is 0 Å². The van der Waals surface area contributed by atoms with Gasteiger partial charge in [0.25, 0.3) is 0 Å². The summed E-state index contributed by atoms with van der Waals surface area (Å²) in [7, 11) is -1.74. The van der Waals surface area contributed by atoms with E-state index in [1.807, 2.05) is 0 Å². The molecule has 1 aromatic rings. The van der Waals surface area contributed by atoms with E-state index in [2.05, 4.69) is 6.92 Å². The fourth-order valence-electron chi connectivity index (χ4n) is 1.53. The van der Waals surface area contributed by atoms with Gasteiger partial charge in [-0.2, -0.15) is 11.8 Å². The minimum absolute atomic E-state index is 0.0448. The van der Waals surface area contributed by atoms with Crippen molar-refractivity contribution in [2.24, 2.45) is 0 Å². The average molecular weight is 256 g/mol. The Hall–Kier alpha value is -0.515. The molecule has 0 fully saturated rings. The molecule has 2 N–H and O–H groups in total. The summed E-state index contributed by atoms with van der Waals surface area (Å²) in [5.74, 6) is 1.30. The first-order valence-electron chi connectivity index (χ1n) is 5.87. The number of hydrogen-bond acceptors (Lipinski definition) is 3. The maximum absolute atomic E-state index is 13.2. The van der Waals surface area contributed by atoms with Gasteiger partial charge in [-0.25, -0.2) is 4.39 Å². The fourth-order valence-corrected chi connectivity index (χ4v) is 2.49. The van der Waals surface area contributed by atoms with Crippen LogP contribution in [0.5, 0.6) is 0 Å². The predicted octanol–water partition coefficient (Wildman–Crippen LogP) is 1.93. The summed E-state index contributed by atoms with van der Waals surface area (Å²) in [5, 5.41) is 18.0. The molecule has 5 heteroatoms. The highest BCUT2D eigenvalue weighted by Crippen LogP contribution is 2.14. The molecule has 0 atom stereocenters. The molecule has 0 aliphatic carbocycles. The standard InChI is InChI=1S/C12H18BFO2S/c1-2-3-4-7-17-9-10-5-6-12(14)11(8-10)13(15)16/h5-6,8,15-16H,2-4,7,9H2,1H3. The summed E-state index contributed by atoms with van der Waals surface area (Å²) in [4.78, 5) is 0. The Bertz CT molecular complexity index is 347. The maximum Gasteiger partial charge on any atom is 0.491 e. The zero-order chi connectivity index (χ0) is 12.7. The summed E-state index contributed by atoms with van der Waals surface area (Å²) in [6.07, 6.45) is 3.63. The van der Waals surface area contributed by atoms with E-state index in [4.69, 9.17) is 10.0 Å². The molecule has 94 valence electrons. The van der Waals surface area contributed by atoms with Crippen LogP contribution in [0.4, 0.5) is 4.39 Å². The predicted molar refractivity (Wildman–Crippen MR) is 71.9 cm³/mol. The van der Waals surface area contributed by atoms with Gasteiger partial charge in [-0.05, 0) is 23.8 Å². The summed E-state index contributed by atoms with van der Waals surface area (Å²) in [5.41, 5.74) is 0.882. The third-order valence-corrected chi connectivity index (χ3v) is 3.61. The largest absolute Gasteiger partial charge is 0.491 e. The number of thioether (sulfide) groups is 1. The van der Waals surface area contributed by atoms with Gasteiger partial charge >= 0.3 is 7.12 Å². The highest BCUT2D eigenvalue weighted by atomic mass is 32.2. The molecule has 2 nitrogen and oxygen atoms in total. The third-order valence-electron chi connectivity index (χ3n) is 2.50. The smallest absolute Gasteiger partial charge is 0.423 e. The lowest BCUT2D eigenvalue weighted by Crippen LogP contribution is -2.33. The Balaban J connectivity index is 2.46. The van der Waals surface area contributed by atoms with Gasteiger partial charge in [0.2, 0.25) is 0 Å². The molecule has 0 unspecified atom stereocenters. The highest BCUT2D eigenvalue weighted by Gasteiger charge is 2.16. The van der Waals surface area contributed by atoms with E-state index in [9.17, 15) is 4.39 Å². The molecule has 0 aliphatic rings. The van der Waals surface area contributed by atoms with E-state index in [0.29, 0.717) is 0 Å². The van der Waals surface area contributed by atoms with Crippen molar-refractivity contribution in [1.82, 2.24) is 0 Å². The molecule has 0 saturated carbocycles. The second-order valence-electron chi connectivity index (χ2n) is 3.99. The van der Waals surface area contributed by atoms with Crippen LogP contribution in [0.3, 0.4) is 0 Å². The van der Waals surface area contributed by atoms with E-state index in [1.54, 1.807) is 17.8 Å². The van der Waals surface area contributed by atoms with Gasteiger partial charge < -0.3 is 10.0 Å². The van der Waals surface area contributed by atoms with Gasteiger partial charge in [-0.15, -0.1) is 0 Å². The minimum Gasteiger partial charge on any atom is -0.423 e. The number of hydrogen-bond donors (Lipinski definition) is 2. The fraction of sp³-hybridized carbons (Fsp3) is 0.500. The number of benzene rings is 1. The SMILES string of the molecule is CCCCCSCc1ccc(F)c(B(O)O)c1. The summed E-state index contributed by atoms with van der Waals surface area (Å²) < 4.78 is 13.2. The topological polar surface area (TPSA) is 40.5 Å². The zero-order valence-electron chi connectivity index (χ0n) is 10.0. The first-order chi connectivity index (χ1) is 8.15. The van der Waals surface area contributed by atoms with Crippen molar-refractivity contribution in [1.29, 1.82) is 0 Å². The van der Waals surface area contributed by atoms with Gasteiger partial charge in [0.1, 0.15) is 5.82 Å². The molecule has 0 spiro atoms. The van der Waals surface area contributed by atoms with Gasteiger partial charge in [-0.3, -0.25) is 0 Å². The number of unbranched alkanes of at least 4 members (excludes halogenated alkanes) is 2. The van der Waals surface area contributed by atoms with Crippen molar-refractivity contribution in [3.8, 4) is 0 Å². The molecule has 0 amide bonds. The second-order valence-corrected chi connectivity index (χ2v) is 5.09.